The molecule has 1 atom stereocenters. The fourth-order valence-electron chi connectivity index (χ4n) is 2.68. The van der Waals surface area contributed by atoms with E-state index in [1.54, 1.807) is 0 Å². The lowest BCUT2D eigenvalue weighted by Crippen LogP contribution is -2.38. The maximum absolute atomic E-state index is 12.4. The number of carbonyl (C=O) groups excluding carboxylic acids is 1. The summed E-state index contributed by atoms with van der Waals surface area (Å²) < 4.78 is 5.91. The largest absolute Gasteiger partial charge is 0.480 e. The molecule has 2 rings (SSSR count). The molecule has 0 aliphatic heterocycles. The monoisotopic (exact) mass is 359 g/mol. The number of benzene rings is 2. The second-order valence-electron chi connectivity index (χ2n) is 6.30. The number of hydrogen-bond acceptors (Lipinski definition) is 2. The third-order valence-electron chi connectivity index (χ3n) is 4.12. The molecule has 134 valence electrons. The molecule has 0 fully saturated rings. The summed E-state index contributed by atoms with van der Waals surface area (Å²) >= 11 is 5.88. The topological polar surface area (TPSA) is 38.3 Å². The van der Waals surface area contributed by atoms with Gasteiger partial charge in [-0.25, -0.2) is 0 Å². The Morgan fingerprint density at radius 2 is 1.88 bits per heavy atom. The number of ether oxygens (including phenoxy) is 1. The van der Waals surface area contributed by atoms with Crippen LogP contribution < -0.4 is 10.1 Å². The predicted octanol–water partition coefficient (Wildman–Crippen LogP) is 4.86. The highest BCUT2D eigenvalue weighted by molar-refractivity contribution is 6.30. The van der Waals surface area contributed by atoms with Crippen LogP contribution in [0.4, 0.5) is 0 Å². The molecule has 0 aliphatic carbocycles. The van der Waals surface area contributed by atoms with Crippen molar-refractivity contribution in [2.75, 3.05) is 6.54 Å². The average molecular weight is 360 g/mol. The minimum Gasteiger partial charge on any atom is -0.480 e. The van der Waals surface area contributed by atoms with E-state index in [2.05, 4.69) is 11.4 Å². The Labute approximate surface area is 155 Å². The van der Waals surface area contributed by atoms with E-state index in [0.717, 1.165) is 29.2 Å². The molecule has 0 radical (unpaired) electrons. The van der Waals surface area contributed by atoms with Crippen molar-refractivity contribution < 1.29 is 9.53 Å². The van der Waals surface area contributed by atoms with Crippen LogP contribution in [0.25, 0.3) is 0 Å². The van der Waals surface area contributed by atoms with Gasteiger partial charge in [0.05, 0.1) is 0 Å². The molecule has 3 nitrogen and oxygen atoms in total. The van der Waals surface area contributed by atoms with E-state index in [9.17, 15) is 4.79 Å². The molecular weight excluding hydrogens is 334 g/mol. The molecule has 4 heteroatoms. The van der Waals surface area contributed by atoms with Crippen molar-refractivity contribution in [1.82, 2.24) is 5.32 Å². The Bertz CT molecular complexity index is 698. The molecule has 0 aromatic heterocycles. The van der Waals surface area contributed by atoms with Crippen molar-refractivity contribution in [1.29, 1.82) is 0 Å². The van der Waals surface area contributed by atoms with Gasteiger partial charge in [0.2, 0.25) is 0 Å². The molecular formula is C21H26ClNO2. The van der Waals surface area contributed by atoms with Crippen LogP contribution >= 0.6 is 11.6 Å². The maximum atomic E-state index is 12.4. The van der Waals surface area contributed by atoms with E-state index in [1.165, 1.54) is 11.1 Å². The average Bonchev–Trinajstić information content (AvgIpc) is 2.59. The lowest BCUT2D eigenvalue weighted by atomic mass is 10.1. The molecule has 0 spiro atoms. The van der Waals surface area contributed by atoms with E-state index in [0.29, 0.717) is 13.0 Å². The first-order chi connectivity index (χ1) is 12.0. The van der Waals surface area contributed by atoms with Crippen LogP contribution in [0.1, 0.15) is 36.5 Å². The van der Waals surface area contributed by atoms with Crippen molar-refractivity contribution in [2.24, 2.45) is 0 Å². The van der Waals surface area contributed by atoms with Gasteiger partial charge in [-0.15, -0.1) is 0 Å². The van der Waals surface area contributed by atoms with Gasteiger partial charge in [-0.05, 0) is 62.4 Å². The van der Waals surface area contributed by atoms with Gasteiger partial charge in [0, 0.05) is 11.6 Å². The summed E-state index contributed by atoms with van der Waals surface area (Å²) in [5, 5.41) is 3.72. The number of rotatable bonds is 8. The molecule has 2 aromatic carbocycles. The van der Waals surface area contributed by atoms with Crippen LogP contribution in [-0.2, 0) is 11.2 Å². The molecule has 1 amide bonds. The SMILES string of the molecule is CC[C@H](Oc1ccc(C)cc1C)C(=O)NCCCc1ccc(Cl)cc1. The fourth-order valence-corrected chi connectivity index (χ4v) is 2.80. The number of nitrogens with one attached hydrogen (secondary N) is 1. The standard InChI is InChI=1S/C21H26ClNO2/c1-4-19(25-20-12-7-15(2)14-16(20)3)21(24)23-13-5-6-17-8-10-18(22)11-9-17/h7-12,14,19H,4-6,13H2,1-3H3,(H,23,24)/t19-/m0/s1. The number of carbonyl (C=O) groups is 1. The van der Waals surface area contributed by atoms with Crippen LogP contribution in [-0.4, -0.2) is 18.6 Å². The summed E-state index contributed by atoms with van der Waals surface area (Å²) in [6.45, 7) is 6.64. The Morgan fingerprint density at radius 3 is 2.52 bits per heavy atom. The summed E-state index contributed by atoms with van der Waals surface area (Å²) in [6.07, 6.45) is 1.97. The summed E-state index contributed by atoms with van der Waals surface area (Å²) in [7, 11) is 0. The third-order valence-corrected chi connectivity index (χ3v) is 4.37. The van der Waals surface area contributed by atoms with Crippen LogP contribution in [0.15, 0.2) is 42.5 Å². The fraction of sp³-hybridized carbons (Fsp3) is 0.381. The van der Waals surface area contributed by atoms with Crippen LogP contribution in [0.5, 0.6) is 5.75 Å². The Hall–Kier alpha value is -2.00. The summed E-state index contributed by atoms with van der Waals surface area (Å²) in [5.41, 5.74) is 3.45. The number of amides is 1. The summed E-state index contributed by atoms with van der Waals surface area (Å²) in [5.74, 6) is 0.715. The Balaban J connectivity index is 1.80. The number of halogens is 1. The first kappa shape index (κ1) is 19.3. The Morgan fingerprint density at radius 1 is 1.16 bits per heavy atom. The predicted molar refractivity (Wildman–Crippen MR) is 103 cm³/mol. The zero-order chi connectivity index (χ0) is 18.2. The van der Waals surface area contributed by atoms with E-state index >= 15 is 0 Å². The molecule has 0 unspecified atom stereocenters. The van der Waals surface area contributed by atoms with Crippen molar-refractivity contribution in [2.45, 2.75) is 46.1 Å². The minimum atomic E-state index is -0.461. The van der Waals surface area contributed by atoms with Gasteiger partial charge >= 0.3 is 0 Å². The van der Waals surface area contributed by atoms with Crippen LogP contribution in [0, 0.1) is 13.8 Å². The van der Waals surface area contributed by atoms with Crippen molar-refractivity contribution in [3.05, 3.63) is 64.2 Å². The van der Waals surface area contributed by atoms with Gasteiger partial charge in [0.1, 0.15) is 5.75 Å². The lowest BCUT2D eigenvalue weighted by molar-refractivity contribution is -0.128. The minimum absolute atomic E-state index is 0.0569. The lowest BCUT2D eigenvalue weighted by Gasteiger charge is -2.19. The summed E-state index contributed by atoms with van der Waals surface area (Å²) in [4.78, 5) is 12.4. The summed E-state index contributed by atoms with van der Waals surface area (Å²) in [6, 6.07) is 13.8. The van der Waals surface area contributed by atoms with E-state index < -0.39 is 6.10 Å². The highest BCUT2D eigenvalue weighted by atomic mass is 35.5. The molecule has 0 saturated heterocycles. The first-order valence-corrected chi connectivity index (χ1v) is 9.13. The van der Waals surface area contributed by atoms with Crippen molar-refractivity contribution in [3.8, 4) is 5.75 Å². The van der Waals surface area contributed by atoms with Crippen LogP contribution in [0.3, 0.4) is 0 Å². The molecule has 0 aliphatic rings. The van der Waals surface area contributed by atoms with Crippen molar-refractivity contribution in [3.63, 3.8) is 0 Å². The van der Waals surface area contributed by atoms with Gasteiger partial charge in [0.15, 0.2) is 6.10 Å². The Kier molecular flexibility index (Phi) is 7.32. The van der Waals surface area contributed by atoms with Crippen LogP contribution in [0.2, 0.25) is 5.02 Å². The van der Waals surface area contributed by atoms with E-state index in [1.807, 2.05) is 57.2 Å². The second-order valence-corrected chi connectivity index (χ2v) is 6.74. The highest BCUT2D eigenvalue weighted by Crippen LogP contribution is 2.21. The number of hydrogen-bond donors (Lipinski definition) is 1. The van der Waals surface area contributed by atoms with E-state index in [4.69, 9.17) is 16.3 Å². The molecule has 2 aromatic rings. The normalized spacial score (nSPS) is 11.8. The third kappa shape index (κ3) is 6.09. The van der Waals surface area contributed by atoms with Gasteiger partial charge in [-0.1, -0.05) is 48.4 Å². The van der Waals surface area contributed by atoms with Crippen molar-refractivity contribution >= 4 is 17.5 Å². The molecule has 1 N–H and O–H groups in total. The van der Waals surface area contributed by atoms with Gasteiger partial charge in [-0.2, -0.15) is 0 Å². The highest BCUT2D eigenvalue weighted by Gasteiger charge is 2.18. The second kappa shape index (κ2) is 9.47. The van der Waals surface area contributed by atoms with Gasteiger partial charge < -0.3 is 10.1 Å². The quantitative estimate of drug-likeness (QED) is 0.683. The molecule has 0 bridgehead atoms. The smallest absolute Gasteiger partial charge is 0.261 e. The first-order valence-electron chi connectivity index (χ1n) is 8.75. The molecule has 0 saturated carbocycles. The van der Waals surface area contributed by atoms with Gasteiger partial charge in [-0.3, -0.25) is 4.79 Å². The molecule has 25 heavy (non-hydrogen) atoms. The number of aryl methyl sites for hydroxylation is 3. The zero-order valence-corrected chi connectivity index (χ0v) is 15.9. The zero-order valence-electron chi connectivity index (χ0n) is 15.1. The maximum Gasteiger partial charge on any atom is 0.261 e. The van der Waals surface area contributed by atoms with E-state index in [-0.39, 0.29) is 5.91 Å². The molecule has 0 heterocycles. The van der Waals surface area contributed by atoms with Gasteiger partial charge in [0.25, 0.3) is 5.91 Å².